The molecule has 12 rings (SSSR count). The van der Waals surface area contributed by atoms with Gasteiger partial charge in [0.25, 0.3) is 0 Å². The van der Waals surface area contributed by atoms with Gasteiger partial charge in [-0.3, -0.25) is 29.1 Å². The molecule has 0 aromatic heterocycles. The lowest BCUT2D eigenvalue weighted by Gasteiger charge is -2.35. The van der Waals surface area contributed by atoms with E-state index < -0.39 is 35.1 Å². The molecule has 0 unspecified atom stereocenters. The topological polar surface area (TPSA) is 312 Å². The van der Waals surface area contributed by atoms with Gasteiger partial charge in [-0.25, -0.2) is 25.3 Å². The normalized spacial score (nSPS) is 19.4. The number of likely N-dealkylation sites (tertiary alicyclic amines) is 3. The number of hydrogen-bond acceptors (Lipinski definition) is 25. The Bertz CT molecular complexity index is 4200. The van der Waals surface area contributed by atoms with Crippen molar-refractivity contribution >= 4 is 47.0 Å². The van der Waals surface area contributed by atoms with Crippen LogP contribution < -0.4 is 25.3 Å². The second-order valence-electron chi connectivity index (χ2n) is 34.8. The second kappa shape index (κ2) is 52.9. The molecule has 0 saturated carbocycles. The van der Waals surface area contributed by atoms with Crippen molar-refractivity contribution in [3.63, 3.8) is 0 Å². The van der Waals surface area contributed by atoms with Crippen LogP contribution in [0.3, 0.4) is 0 Å². The largest absolute Gasteiger partial charge is 0.484 e. The highest BCUT2D eigenvalue weighted by Crippen LogP contribution is 2.43. The second-order valence-corrected chi connectivity index (χ2v) is 41.1. The number of ketones is 2. The summed E-state index contributed by atoms with van der Waals surface area (Å²) in [5, 5.41) is 2.88. The Morgan fingerprint density at radius 1 is 0.320 bits per heavy atom. The quantitative estimate of drug-likeness (QED) is 0.0335. The van der Waals surface area contributed by atoms with Crippen LogP contribution in [0.4, 0.5) is 0 Å². The zero-order chi connectivity index (χ0) is 89.5. The number of carbonyl (C=O) groups excluding carboxylic acids is 3. The summed E-state index contributed by atoms with van der Waals surface area (Å²) < 4.78 is 151. The third-order valence-electron chi connectivity index (χ3n) is 25.4. The van der Waals surface area contributed by atoms with E-state index in [2.05, 4.69) is 92.8 Å². The van der Waals surface area contributed by atoms with Gasteiger partial charge in [-0.1, -0.05) is 92.1 Å². The molecule has 3 saturated heterocycles. The van der Waals surface area contributed by atoms with Crippen LogP contribution in [0.5, 0.6) is 17.2 Å². The van der Waals surface area contributed by atoms with E-state index in [0.717, 1.165) is 58.5 Å². The Labute approximate surface area is 760 Å². The number of nitrogens with two attached hydrogens (primary N) is 1. The Morgan fingerprint density at radius 2 is 0.586 bits per heavy atom. The molecule has 1 amide bonds. The summed E-state index contributed by atoms with van der Waals surface area (Å²) in [7, 11) is -10.6. The van der Waals surface area contributed by atoms with Crippen molar-refractivity contribution in [2.75, 3.05) is 182 Å². The molecular weight excluding hydrogens is 1690 g/mol. The van der Waals surface area contributed by atoms with Gasteiger partial charge >= 0.3 is 0 Å². The van der Waals surface area contributed by atoms with Gasteiger partial charge in [0, 0.05) is 77.2 Å². The van der Waals surface area contributed by atoms with Gasteiger partial charge in [-0.15, -0.1) is 0 Å². The fourth-order valence-corrected chi connectivity index (χ4v) is 22.1. The molecular formula is C99H139N5O21S3. The summed E-state index contributed by atoms with van der Waals surface area (Å²) in [4.78, 5) is 48.2. The van der Waals surface area contributed by atoms with Crippen molar-refractivity contribution in [1.29, 1.82) is 0 Å². The zero-order valence-electron chi connectivity index (χ0n) is 75.0. The first-order valence-corrected chi connectivity index (χ1v) is 52.1. The summed E-state index contributed by atoms with van der Waals surface area (Å²) >= 11 is 0. The number of hydrogen-bond donors (Lipinski definition) is 2. The summed E-state index contributed by atoms with van der Waals surface area (Å²) in [6.07, 6.45) is 17.1. The minimum absolute atomic E-state index is 0.00233. The molecule has 3 heterocycles. The van der Waals surface area contributed by atoms with Gasteiger partial charge in [-0.05, 0) is 255 Å². The zero-order valence-corrected chi connectivity index (χ0v) is 77.5. The average molecular weight is 1830 g/mol. The average Bonchev–Trinajstić information content (AvgIpc) is 1.64. The number of nitrogens with zero attached hydrogens (tertiary/aromatic N) is 3. The van der Waals surface area contributed by atoms with E-state index in [1.165, 1.54) is 91.2 Å². The SMILES string of the molecule is NC(CCC(=O)CCCOCCOCCOCCCS(=O)(=O)c1ccc(O[C@H]2c3ccccc3C[C@@H]2N2CCCCC2)cc1)(CCC(=O)CCCOCCOCCOCCCS(=O)(=O)c1ccc(O[C@H]2c3ccccc3C[C@@H]2N2CCCCC2)cc1)CCC(=O)NCCOCCOCCOCCCS(=O)(=O)c1ccc(O[C@H]2c3ccccc3C[C@@H]2N2CCCCC2)cc1. The third kappa shape index (κ3) is 32.1. The number of piperidine rings is 3. The Balaban J connectivity index is 0.485. The minimum Gasteiger partial charge on any atom is -0.484 e. The first-order valence-electron chi connectivity index (χ1n) is 47.1. The Hall–Kier alpha value is -7.14. The molecule has 0 bridgehead atoms. The van der Waals surface area contributed by atoms with Crippen molar-refractivity contribution in [3.8, 4) is 17.2 Å². The molecule has 6 aliphatic rings. The van der Waals surface area contributed by atoms with E-state index >= 15 is 0 Å². The predicted octanol–water partition coefficient (Wildman–Crippen LogP) is 13.2. The first kappa shape index (κ1) is 99.9. The molecule has 6 atom stereocenters. The van der Waals surface area contributed by atoms with Crippen LogP contribution in [0.15, 0.2) is 160 Å². The van der Waals surface area contributed by atoms with E-state index in [1.807, 2.05) is 0 Å². The Kier molecular flexibility index (Phi) is 41.3. The van der Waals surface area contributed by atoms with Crippen molar-refractivity contribution < 1.29 is 96.5 Å². The molecule has 3 aliphatic heterocycles. The van der Waals surface area contributed by atoms with Gasteiger partial charge < -0.3 is 67.9 Å². The van der Waals surface area contributed by atoms with Crippen molar-refractivity contribution in [2.45, 2.75) is 217 Å². The fraction of sp³-hybridized carbons (Fsp3) is 0.606. The van der Waals surface area contributed by atoms with Gasteiger partial charge in [-0.2, -0.15) is 0 Å². The van der Waals surface area contributed by atoms with Crippen molar-refractivity contribution in [3.05, 3.63) is 179 Å². The molecule has 6 aromatic carbocycles. The smallest absolute Gasteiger partial charge is 0.220 e. The van der Waals surface area contributed by atoms with Crippen LogP contribution in [0.2, 0.25) is 0 Å². The summed E-state index contributed by atoms with van der Waals surface area (Å²) in [6.45, 7) is 12.0. The molecule has 0 radical (unpaired) electrons. The lowest BCUT2D eigenvalue weighted by atomic mass is 9.83. The maximum atomic E-state index is 13.3. The highest BCUT2D eigenvalue weighted by Gasteiger charge is 2.42. The van der Waals surface area contributed by atoms with E-state index in [0.29, 0.717) is 129 Å². The number of Topliss-reactive ketones (excluding diaryl/α,β-unsaturated/α-hetero) is 2. The maximum Gasteiger partial charge on any atom is 0.220 e. The lowest BCUT2D eigenvalue weighted by molar-refractivity contribution is -0.121. The first-order chi connectivity index (χ1) is 62.4. The molecule has 3 N–H and O–H groups in total. The monoisotopic (exact) mass is 1830 g/mol. The molecule has 0 spiro atoms. The maximum absolute atomic E-state index is 13.3. The molecule has 3 aliphatic carbocycles. The van der Waals surface area contributed by atoms with Crippen molar-refractivity contribution in [1.82, 2.24) is 20.0 Å². The molecule has 128 heavy (non-hydrogen) atoms. The van der Waals surface area contributed by atoms with Crippen LogP contribution in [0, 0.1) is 0 Å². The van der Waals surface area contributed by atoms with Gasteiger partial charge in [0.1, 0.15) is 47.1 Å². The molecule has 29 heteroatoms. The number of ether oxygens (including phenoxy) is 12. The Morgan fingerprint density at radius 3 is 0.891 bits per heavy atom. The molecule has 6 aromatic rings. The molecule has 704 valence electrons. The number of fused-ring (bicyclic) bond motifs is 3. The number of amides is 1. The van der Waals surface area contributed by atoms with Crippen molar-refractivity contribution in [2.24, 2.45) is 5.73 Å². The fourth-order valence-electron chi connectivity index (χ4n) is 18.3. The van der Waals surface area contributed by atoms with E-state index in [4.69, 9.17) is 62.6 Å². The number of carbonyl (C=O) groups is 3. The third-order valence-corrected chi connectivity index (χ3v) is 30.8. The summed E-state index contributed by atoms with van der Waals surface area (Å²) in [5.41, 5.74) is 13.6. The van der Waals surface area contributed by atoms with Crippen LogP contribution in [0.25, 0.3) is 0 Å². The van der Waals surface area contributed by atoms with E-state index in [-0.39, 0.29) is 183 Å². The van der Waals surface area contributed by atoms with Crippen LogP contribution in [0.1, 0.15) is 193 Å². The minimum atomic E-state index is -3.54. The number of rotatable bonds is 62. The van der Waals surface area contributed by atoms with E-state index in [9.17, 15) is 39.6 Å². The predicted molar refractivity (Wildman–Crippen MR) is 491 cm³/mol. The molecule has 3 fully saturated rings. The number of benzene rings is 6. The van der Waals surface area contributed by atoms with Gasteiger partial charge in [0.2, 0.25) is 5.91 Å². The molecule has 26 nitrogen and oxygen atoms in total. The van der Waals surface area contributed by atoms with Gasteiger partial charge in [0.15, 0.2) is 29.5 Å². The standard InChI is InChI=1S/C99H139N5O21S3/c100-99(44-41-81(105)24-16-54-114-60-66-120-68-62-116-56-18-72-126(108,109)86-35-29-83(30-36-86)123-96-89-26-7-4-21-78(89)75-92(96)102-48-10-1-11-49-102,45-42-82(106)25-17-55-115-61-67-121-69-63-117-57-19-73-127(110,111)87-37-31-84(32-38-87)124-97-90-27-8-5-22-79(90)76-93(97)103-50-12-2-13-51-103)46-43-95(107)101-47-59-119-65-71-122-70-64-118-58-20-74-128(112,113)88-39-33-85(34-40-88)125-98-91-28-9-6-23-80(91)77-94(98)104-52-14-3-15-53-104/h4-9,21-23,26-40,92-94,96-98H,1-3,10-20,24-25,41-77,100H2,(H,101,107)/t92-,93-,94-,96-,97-,98-/m0/s1. The summed E-state index contributed by atoms with van der Waals surface area (Å²) in [6, 6.07) is 46.5. The number of nitrogens with one attached hydrogen (secondary N) is 1. The lowest BCUT2D eigenvalue weighted by Crippen LogP contribution is -2.43. The highest BCUT2D eigenvalue weighted by atomic mass is 32.2. The van der Waals surface area contributed by atoms with Gasteiger partial charge in [0.05, 0.1) is 136 Å². The van der Waals surface area contributed by atoms with Crippen LogP contribution >= 0.6 is 0 Å². The highest BCUT2D eigenvalue weighted by molar-refractivity contribution is 7.92. The van der Waals surface area contributed by atoms with E-state index in [1.54, 1.807) is 72.8 Å². The number of sulfone groups is 3. The summed E-state index contributed by atoms with van der Waals surface area (Å²) in [5.74, 6) is 1.55. The van der Waals surface area contributed by atoms with Crippen LogP contribution in [-0.2, 0) is 106 Å². The van der Waals surface area contributed by atoms with Crippen LogP contribution in [-0.4, -0.2) is 263 Å².